The topological polar surface area (TPSA) is 69.4 Å². The number of esters is 1. The van der Waals surface area contributed by atoms with Gasteiger partial charge in [0.1, 0.15) is 6.10 Å². The Morgan fingerprint density at radius 3 is 2.76 bits per heavy atom. The van der Waals surface area contributed by atoms with E-state index in [2.05, 4.69) is 12.6 Å². The van der Waals surface area contributed by atoms with Crippen LogP contribution in [0.25, 0.3) is 0 Å². The summed E-state index contributed by atoms with van der Waals surface area (Å²) in [6, 6.07) is 6.21. The van der Waals surface area contributed by atoms with E-state index in [0.717, 1.165) is 0 Å². The van der Waals surface area contributed by atoms with E-state index in [-0.39, 0.29) is 12.1 Å². The Morgan fingerprint density at radius 2 is 2.18 bits per heavy atom. The van der Waals surface area contributed by atoms with Crippen LogP contribution >= 0.6 is 12.6 Å². The van der Waals surface area contributed by atoms with E-state index in [4.69, 9.17) is 4.74 Å². The van der Waals surface area contributed by atoms with Crippen LogP contribution in [0.2, 0.25) is 0 Å². The van der Waals surface area contributed by atoms with Gasteiger partial charge >= 0.3 is 5.97 Å². The maximum Gasteiger partial charge on any atom is 0.307 e. The lowest BCUT2D eigenvalue weighted by Gasteiger charge is -2.13. The number of ether oxygens (including phenoxy) is 1. The first-order chi connectivity index (χ1) is 8.06. The number of hydrogen-bond acceptors (Lipinski definition) is 5. The minimum absolute atomic E-state index is 0.0429. The summed E-state index contributed by atoms with van der Waals surface area (Å²) in [4.78, 5) is 21.6. The van der Waals surface area contributed by atoms with E-state index in [1.807, 2.05) is 0 Å². The molecule has 1 aromatic carbocycles. The summed E-state index contributed by atoms with van der Waals surface area (Å²) in [5.74, 6) is -0.0201. The van der Waals surface area contributed by atoms with Crippen molar-refractivity contribution < 1.29 is 14.5 Å². The first kappa shape index (κ1) is 13.5. The third-order valence-electron chi connectivity index (χ3n) is 2.20. The molecule has 0 bridgehead atoms. The zero-order valence-electron chi connectivity index (χ0n) is 9.33. The zero-order chi connectivity index (χ0) is 12.8. The largest absolute Gasteiger partial charge is 0.457 e. The van der Waals surface area contributed by atoms with Gasteiger partial charge in [0.2, 0.25) is 0 Å². The quantitative estimate of drug-likeness (QED) is 0.380. The Labute approximate surface area is 104 Å². The molecule has 1 aromatic rings. The normalized spacial score (nSPS) is 11.9. The van der Waals surface area contributed by atoms with Crippen LogP contribution in [0.5, 0.6) is 0 Å². The second kappa shape index (κ2) is 6.24. The van der Waals surface area contributed by atoms with Crippen molar-refractivity contribution in [2.75, 3.05) is 5.75 Å². The fourth-order valence-corrected chi connectivity index (χ4v) is 1.59. The van der Waals surface area contributed by atoms with Gasteiger partial charge in [-0.05, 0) is 13.0 Å². The molecule has 0 aliphatic rings. The Morgan fingerprint density at radius 1 is 1.53 bits per heavy atom. The Balaban J connectivity index is 2.85. The molecule has 1 atom stereocenters. The molecule has 0 aliphatic carbocycles. The number of benzene rings is 1. The van der Waals surface area contributed by atoms with E-state index in [9.17, 15) is 14.9 Å². The van der Waals surface area contributed by atoms with Crippen LogP contribution in [0.4, 0.5) is 5.69 Å². The molecule has 1 unspecified atom stereocenters. The zero-order valence-corrected chi connectivity index (χ0v) is 10.2. The first-order valence-corrected chi connectivity index (χ1v) is 5.73. The highest BCUT2D eigenvalue weighted by Crippen LogP contribution is 2.27. The Bertz CT molecular complexity index is 422. The summed E-state index contributed by atoms with van der Waals surface area (Å²) < 4.78 is 5.08. The molecule has 6 heteroatoms. The van der Waals surface area contributed by atoms with Gasteiger partial charge in [0.25, 0.3) is 5.69 Å². The van der Waals surface area contributed by atoms with Gasteiger partial charge in [-0.15, -0.1) is 0 Å². The van der Waals surface area contributed by atoms with E-state index < -0.39 is 17.0 Å². The fourth-order valence-electron chi connectivity index (χ4n) is 1.41. The summed E-state index contributed by atoms with van der Waals surface area (Å²) >= 11 is 3.91. The second-order valence-electron chi connectivity index (χ2n) is 3.42. The van der Waals surface area contributed by atoms with Crippen molar-refractivity contribution in [1.82, 2.24) is 0 Å². The van der Waals surface area contributed by atoms with E-state index in [1.165, 1.54) is 6.07 Å². The van der Waals surface area contributed by atoms with Gasteiger partial charge in [0.15, 0.2) is 0 Å². The predicted molar refractivity (Wildman–Crippen MR) is 66.1 cm³/mol. The Hall–Kier alpha value is -1.56. The molecule has 0 saturated heterocycles. The SMILES string of the molecule is CC(OC(=O)CCS)c1ccccc1[N+](=O)[O-]. The molecular formula is C11H13NO4S. The van der Waals surface area contributed by atoms with E-state index >= 15 is 0 Å². The molecule has 5 nitrogen and oxygen atoms in total. The summed E-state index contributed by atoms with van der Waals surface area (Å²) in [5, 5.41) is 10.8. The van der Waals surface area contributed by atoms with Crippen molar-refractivity contribution in [2.24, 2.45) is 0 Å². The third-order valence-corrected chi connectivity index (χ3v) is 2.42. The lowest BCUT2D eigenvalue weighted by atomic mass is 10.1. The molecule has 1 rings (SSSR count). The van der Waals surface area contributed by atoms with Crippen molar-refractivity contribution in [3.05, 3.63) is 39.9 Å². The maximum absolute atomic E-state index is 11.3. The average Bonchev–Trinajstić information content (AvgIpc) is 2.29. The predicted octanol–water partition coefficient (Wildman–Crippen LogP) is 2.52. The number of nitrogens with zero attached hydrogens (tertiary/aromatic N) is 1. The first-order valence-electron chi connectivity index (χ1n) is 5.10. The molecule has 0 N–H and O–H groups in total. The highest BCUT2D eigenvalue weighted by molar-refractivity contribution is 7.80. The number of hydrogen-bond donors (Lipinski definition) is 1. The van der Waals surface area contributed by atoms with Gasteiger partial charge in [0, 0.05) is 11.8 Å². The van der Waals surface area contributed by atoms with Crippen LogP contribution in [0.3, 0.4) is 0 Å². The fraction of sp³-hybridized carbons (Fsp3) is 0.364. The van der Waals surface area contributed by atoms with Gasteiger partial charge in [-0.1, -0.05) is 12.1 Å². The van der Waals surface area contributed by atoms with Crippen molar-refractivity contribution in [1.29, 1.82) is 0 Å². The molecule has 0 amide bonds. The lowest BCUT2D eigenvalue weighted by Crippen LogP contribution is -2.10. The van der Waals surface area contributed by atoms with Gasteiger partial charge < -0.3 is 4.74 Å². The molecule has 0 radical (unpaired) electrons. The molecule has 0 fully saturated rings. The van der Waals surface area contributed by atoms with Crippen molar-refractivity contribution in [2.45, 2.75) is 19.4 Å². The van der Waals surface area contributed by atoms with Crippen LogP contribution in [0, 0.1) is 10.1 Å². The van der Waals surface area contributed by atoms with Crippen molar-refractivity contribution >= 4 is 24.3 Å². The third kappa shape index (κ3) is 3.74. The molecule has 0 aliphatic heterocycles. The summed E-state index contributed by atoms with van der Waals surface area (Å²) in [6.45, 7) is 1.61. The summed E-state index contributed by atoms with van der Waals surface area (Å²) in [7, 11) is 0. The smallest absolute Gasteiger partial charge is 0.307 e. The molecule has 0 spiro atoms. The molecule has 0 heterocycles. The van der Waals surface area contributed by atoms with Crippen molar-refractivity contribution in [3.63, 3.8) is 0 Å². The molecule has 0 aromatic heterocycles. The highest BCUT2D eigenvalue weighted by Gasteiger charge is 2.20. The second-order valence-corrected chi connectivity index (χ2v) is 3.87. The number of carbonyl (C=O) groups is 1. The average molecular weight is 255 g/mol. The summed E-state index contributed by atoms with van der Waals surface area (Å²) in [6.07, 6.45) is -0.447. The monoisotopic (exact) mass is 255 g/mol. The number of nitro groups is 1. The van der Waals surface area contributed by atoms with Crippen LogP contribution in [0.1, 0.15) is 25.0 Å². The van der Waals surface area contributed by atoms with Crippen LogP contribution in [-0.2, 0) is 9.53 Å². The number of rotatable bonds is 5. The lowest BCUT2D eigenvalue weighted by molar-refractivity contribution is -0.386. The van der Waals surface area contributed by atoms with Crippen LogP contribution in [0.15, 0.2) is 24.3 Å². The number of nitro benzene ring substituents is 1. The minimum atomic E-state index is -0.635. The molecule has 0 saturated carbocycles. The Kier molecular flexibility index (Phi) is 4.96. The standard InChI is InChI=1S/C11H13NO4S/c1-8(16-11(13)6-7-17)9-4-2-3-5-10(9)12(14)15/h2-5,8,17H,6-7H2,1H3. The van der Waals surface area contributed by atoms with E-state index in [0.29, 0.717) is 11.3 Å². The van der Waals surface area contributed by atoms with Crippen molar-refractivity contribution in [3.8, 4) is 0 Å². The van der Waals surface area contributed by atoms with Crippen LogP contribution in [-0.4, -0.2) is 16.6 Å². The minimum Gasteiger partial charge on any atom is -0.457 e. The molecule has 17 heavy (non-hydrogen) atoms. The number of para-hydroxylation sites is 1. The van der Waals surface area contributed by atoms with E-state index in [1.54, 1.807) is 25.1 Å². The van der Waals surface area contributed by atoms with Gasteiger partial charge in [-0.25, -0.2) is 0 Å². The van der Waals surface area contributed by atoms with Crippen LogP contribution < -0.4 is 0 Å². The van der Waals surface area contributed by atoms with Gasteiger partial charge in [-0.2, -0.15) is 12.6 Å². The van der Waals surface area contributed by atoms with Gasteiger partial charge in [0.05, 0.1) is 16.9 Å². The summed E-state index contributed by atoms with van der Waals surface area (Å²) in [5.41, 5.74) is 0.351. The van der Waals surface area contributed by atoms with Gasteiger partial charge in [-0.3, -0.25) is 14.9 Å². The number of thiol groups is 1. The highest BCUT2D eigenvalue weighted by atomic mass is 32.1. The maximum atomic E-state index is 11.3. The number of carbonyl (C=O) groups excluding carboxylic acids is 1. The molecular weight excluding hydrogens is 242 g/mol. The molecule has 92 valence electrons.